The molecule has 5 nitrogen and oxygen atoms in total. The van der Waals surface area contributed by atoms with Gasteiger partial charge in [0, 0.05) is 11.4 Å². The van der Waals surface area contributed by atoms with Gasteiger partial charge < -0.3 is 10.1 Å². The molecule has 0 aliphatic rings. The molecule has 0 saturated carbocycles. The number of ketones is 1. The van der Waals surface area contributed by atoms with E-state index >= 15 is 0 Å². The zero-order valence-corrected chi connectivity index (χ0v) is 16.3. The van der Waals surface area contributed by atoms with Crippen LogP contribution in [0.3, 0.4) is 0 Å². The van der Waals surface area contributed by atoms with E-state index in [1.54, 1.807) is 31.2 Å². The molecule has 0 unspecified atom stereocenters. The summed E-state index contributed by atoms with van der Waals surface area (Å²) in [6.07, 6.45) is -0.0883. The van der Waals surface area contributed by atoms with Crippen molar-refractivity contribution < 1.29 is 19.1 Å². The lowest BCUT2D eigenvalue weighted by atomic mass is 10.1. The third kappa shape index (κ3) is 6.12. The zero-order valence-electron chi connectivity index (χ0n) is 14.0. The molecule has 0 spiro atoms. The van der Waals surface area contributed by atoms with Gasteiger partial charge in [-0.3, -0.25) is 14.4 Å². The molecule has 1 aromatic carbocycles. The number of esters is 1. The van der Waals surface area contributed by atoms with Crippen molar-refractivity contribution in [2.45, 2.75) is 25.8 Å². The van der Waals surface area contributed by atoms with E-state index in [1.165, 1.54) is 0 Å². The van der Waals surface area contributed by atoms with Crippen LogP contribution in [0.2, 0.25) is 9.36 Å². The Balaban J connectivity index is 1.72. The molecular formula is C18H17Cl2NO4S. The second-order valence-electron chi connectivity index (χ2n) is 5.50. The van der Waals surface area contributed by atoms with Crippen LogP contribution in [0.25, 0.3) is 0 Å². The predicted octanol–water partition coefficient (Wildman–Crippen LogP) is 4.44. The predicted molar refractivity (Wildman–Crippen MR) is 102 cm³/mol. The molecule has 0 radical (unpaired) electrons. The number of rotatable bonds is 8. The molecule has 0 bridgehead atoms. The van der Waals surface area contributed by atoms with Crippen LogP contribution in [-0.4, -0.2) is 24.3 Å². The van der Waals surface area contributed by atoms with Crippen molar-refractivity contribution in [2.75, 3.05) is 6.61 Å². The summed E-state index contributed by atoms with van der Waals surface area (Å²) in [5, 5.41) is 3.25. The minimum absolute atomic E-state index is 0.00726. The highest BCUT2D eigenvalue weighted by molar-refractivity contribution is 7.18. The molecule has 0 fully saturated rings. The first-order valence-corrected chi connectivity index (χ1v) is 9.42. The van der Waals surface area contributed by atoms with Gasteiger partial charge in [0.15, 0.2) is 12.4 Å². The molecule has 2 aromatic rings. The van der Waals surface area contributed by atoms with Gasteiger partial charge in [-0.05, 0) is 30.7 Å². The summed E-state index contributed by atoms with van der Waals surface area (Å²) >= 11 is 13.0. The van der Waals surface area contributed by atoms with Gasteiger partial charge in [0.25, 0.3) is 5.91 Å². The van der Waals surface area contributed by atoms with Crippen molar-refractivity contribution in [3.8, 4) is 0 Å². The highest BCUT2D eigenvalue weighted by Gasteiger charge is 2.15. The molecule has 26 heavy (non-hydrogen) atoms. The monoisotopic (exact) mass is 413 g/mol. The number of thiophene rings is 1. The van der Waals surface area contributed by atoms with Crippen molar-refractivity contribution in [3.05, 3.63) is 56.2 Å². The van der Waals surface area contributed by atoms with Crippen LogP contribution in [0.15, 0.2) is 36.4 Å². The van der Waals surface area contributed by atoms with E-state index in [2.05, 4.69) is 5.32 Å². The van der Waals surface area contributed by atoms with E-state index in [4.69, 9.17) is 27.9 Å². The maximum absolute atomic E-state index is 11.9. The molecule has 1 aromatic heterocycles. The van der Waals surface area contributed by atoms with Crippen LogP contribution < -0.4 is 5.32 Å². The highest BCUT2D eigenvalue weighted by Crippen LogP contribution is 2.23. The van der Waals surface area contributed by atoms with Crippen molar-refractivity contribution in [1.82, 2.24) is 5.32 Å². The SMILES string of the molecule is C[C@H](NC(=O)COC(=O)CCC(=O)c1ccc(Cl)s1)c1ccccc1Cl. The number of hydrogen-bond donors (Lipinski definition) is 1. The Morgan fingerprint density at radius 2 is 1.85 bits per heavy atom. The number of carbonyl (C=O) groups is 3. The number of nitrogens with one attached hydrogen (secondary N) is 1. The van der Waals surface area contributed by atoms with Gasteiger partial charge in [0.1, 0.15) is 0 Å². The number of ether oxygens (including phenoxy) is 1. The summed E-state index contributed by atoms with van der Waals surface area (Å²) in [7, 11) is 0. The topological polar surface area (TPSA) is 72.5 Å². The first-order valence-electron chi connectivity index (χ1n) is 7.84. The molecule has 1 amide bonds. The average molecular weight is 414 g/mol. The average Bonchev–Trinajstić information content (AvgIpc) is 3.04. The van der Waals surface area contributed by atoms with Gasteiger partial charge in [-0.15, -0.1) is 11.3 Å². The summed E-state index contributed by atoms with van der Waals surface area (Å²) in [6.45, 7) is 1.37. The minimum atomic E-state index is -0.610. The Kier molecular flexibility index (Phi) is 7.63. The summed E-state index contributed by atoms with van der Waals surface area (Å²) in [5.41, 5.74) is 0.772. The van der Waals surface area contributed by atoms with Crippen LogP contribution in [0.4, 0.5) is 0 Å². The molecule has 0 saturated heterocycles. The van der Waals surface area contributed by atoms with E-state index in [9.17, 15) is 14.4 Å². The summed E-state index contributed by atoms with van der Waals surface area (Å²) in [5.74, 6) is -1.24. The molecule has 0 aliphatic heterocycles. The number of hydrogen-bond acceptors (Lipinski definition) is 5. The maximum Gasteiger partial charge on any atom is 0.306 e. The van der Waals surface area contributed by atoms with Crippen molar-refractivity contribution in [2.24, 2.45) is 0 Å². The number of benzene rings is 1. The molecule has 138 valence electrons. The van der Waals surface area contributed by atoms with Crippen molar-refractivity contribution >= 4 is 52.2 Å². The fourth-order valence-corrected chi connectivity index (χ4v) is 3.52. The zero-order chi connectivity index (χ0) is 19.1. The fraction of sp³-hybridized carbons (Fsp3) is 0.278. The van der Waals surface area contributed by atoms with Crippen molar-refractivity contribution in [3.63, 3.8) is 0 Å². The van der Waals surface area contributed by atoms with E-state index < -0.39 is 18.5 Å². The third-order valence-electron chi connectivity index (χ3n) is 3.52. The summed E-state index contributed by atoms with van der Waals surface area (Å²) in [6, 6.07) is 10.1. The molecule has 1 N–H and O–H groups in total. The normalized spacial score (nSPS) is 11.7. The van der Waals surface area contributed by atoms with E-state index in [-0.39, 0.29) is 24.7 Å². The largest absolute Gasteiger partial charge is 0.456 e. The lowest BCUT2D eigenvalue weighted by Gasteiger charge is -2.15. The van der Waals surface area contributed by atoms with Gasteiger partial charge in [-0.25, -0.2) is 0 Å². The first-order chi connectivity index (χ1) is 12.4. The standard InChI is InChI=1S/C18H17Cl2NO4S/c1-11(12-4-2-3-5-13(12)19)21-17(23)10-25-18(24)9-6-14(22)15-7-8-16(20)26-15/h2-5,7-8,11H,6,9-10H2,1H3,(H,21,23)/t11-/m0/s1. The van der Waals surface area contributed by atoms with Gasteiger partial charge >= 0.3 is 5.97 Å². The number of amides is 1. The third-order valence-corrected chi connectivity index (χ3v) is 5.13. The molecule has 0 aliphatic carbocycles. The quantitative estimate of drug-likeness (QED) is 0.512. The van der Waals surface area contributed by atoms with Gasteiger partial charge in [0.05, 0.1) is 21.7 Å². The van der Waals surface area contributed by atoms with E-state index in [0.29, 0.717) is 14.2 Å². The first kappa shape index (κ1) is 20.4. The summed E-state index contributed by atoms with van der Waals surface area (Å²) in [4.78, 5) is 36.0. The second-order valence-corrected chi connectivity index (χ2v) is 7.62. The van der Waals surface area contributed by atoms with E-state index in [1.807, 2.05) is 12.1 Å². The highest BCUT2D eigenvalue weighted by atomic mass is 35.5. The second kappa shape index (κ2) is 9.71. The lowest BCUT2D eigenvalue weighted by molar-refractivity contribution is -0.148. The Morgan fingerprint density at radius 1 is 1.12 bits per heavy atom. The molecule has 1 heterocycles. The van der Waals surface area contributed by atoms with Gasteiger partial charge in [-0.1, -0.05) is 41.4 Å². The summed E-state index contributed by atoms with van der Waals surface area (Å²) < 4.78 is 5.42. The number of Topliss-reactive ketones (excluding diaryl/α,β-unsaturated/α-hetero) is 1. The van der Waals surface area contributed by atoms with Crippen molar-refractivity contribution in [1.29, 1.82) is 0 Å². The van der Waals surface area contributed by atoms with E-state index in [0.717, 1.165) is 16.9 Å². The molecule has 2 rings (SSSR count). The number of halogens is 2. The fourth-order valence-electron chi connectivity index (χ4n) is 2.21. The molecule has 1 atom stereocenters. The van der Waals surface area contributed by atoms with Crippen LogP contribution in [0.1, 0.15) is 41.0 Å². The van der Waals surface area contributed by atoms with Crippen LogP contribution in [0, 0.1) is 0 Å². The number of carbonyl (C=O) groups excluding carboxylic acids is 3. The minimum Gasteiger partial charge on any atom is -0.456 e. The Hall–Kier alpha value is -1.89. The Bertz CT molecular complexity index is 806. The smallest absolute Gasteiger partial charge is 0.306 e. The lowest BCUT2D eigenvalue weighted by Crippen LogP contribution is -2.31. The van der Waals surface area contributed by atoms with Gasteiger partial charge in [-0.2, -0.15) is 0 Å². The Morgan fingerprint density at radius 3 is 2.50 bits per heavy atom. The van der Waals surface area contributed by atoms with Crippen LogP contribution in [-0.2, 0) is 14.3 Å². The maximum atomic E-state index is 11.9. The molecule has 8 heteroatoms. The van der Waals surface area contributed by atoms with Gasteiger partial charge in [0.2, 0.25) is 0 Å². The Labute approximate surface area is 165 Å². The van der Waals surface area contributed by atoms with Crippen LogP contribution >= 0.6 is 34.5 Å². The molecular weight excluding hydrogens is 397 g/mol. The van der Waals surface area contributed by atoms with Crippen LogP contribution in [0.5, 0.6) is 0 Å².